The summed E-state index contributed by atoms with van der Waals surface area (Å²) in [6.45, 7) is 0.00330. The molecule has 1 atom stereocenters. The Hall–Kier alpha value is -1.91. The summed E-state index contributed by atoms with van der Waals surface area (Å²) in [7, 11) is 0. The second kappa shape index (κ2) is 7.03. The molecular formula is C16H17FO3. The first kappa shape index (κ1) is 14.5. The number of aliphatic hydroxyl groups is 2. The molecule has 4 heteroatoms. The van der Waals surface area contributed by atoms with Gasteiger partial charge in [0.05, 0.1) is 12.7 Å². The molecule has 20 heavy (non-hydrogen) atoms. The van der Waals surface area contributed by atoms with Crippen LogP contribution in [0.2, 0.25) is 0 Å². The predicted molar refractivity (Wildman–Crippen MR) is 74.0 cm³/mol. The molecule has 0 aromatic heterocycles. The Morgan fingerprint density at radius 2 is 1.85 bits per heavy atom. The van der Waals surface area contributed by atoms with Gasteiger partial charge in [-0.05, 0) is 29.3 Å². The fourth-order valence-electron chi connectivity index (χ4n) is 1.90. The van der Waals surface area contributed by atoms with Crippen molar-refractivity contribution in [3.63, 3.8) is 0 Å². The molecule has 0 bridgehead atoms. The minimum atomic E-state index is -0.920. The molecule has 2 aromatic carbocycles. The summed E-state index contributed by atoms with van der Waals surface area (Å²) in [6, 6.07) is 13.8. The van der Waals surface area contributed by atoms with E-state index in [0.29, 0.717) is 17.9 Å². The summed E-state index contributed by atoms with van der Waals surface area (Å²) in [6.07, 6.45) is -0.769. The lowest BCUT2D eigenvalue weighted by atomic mass is 10.1. The van der Waals surface area contributed by atoms with Gasteiger partial charge in [0.2, 0.25) is 0 Å². The zero-order valence-corrected chi connectivity index (χ0v) is 11.0. The molecule has 0 fully saturated rings. The Morgan fingerprint density at radius 3 is 2.55 bits per heavy atom. The Morgan fingerprint density at radius 1 is 1.10 bits per heavy atom. The van der Waals surface area contributed by atoms with E-state index in [4.69, 9.17) is 9.84 Å². The number of rotatable bonds is 6. The Balaban J connectivity index is 2.10. The molecule has 2 rings (SSSR count). The smallest absolute Gasteiger partial charge is 0.123 e. The van der Waals surface area contributed by atoms with Gasteiger partial charge in [-0.2, -0.15) is 0 Å². The fraction of sp³-hybridized carbons (Fsp3) is 0.250. The van der Waals surface area contributed by atoms with Gasteiger partial charge in [0.1, 0.15) is 18.2 Å². The molecule has 0 aliphatic rings. The van der Waals surface area contributed by atoms with Crippen molar-refractivity contribution in [2.45, 2.75) is 19.1 Å². The third-order valence-electron chi connectivity index (χ3n) is 2.93. The van der Waals surface area contributed by atoms with Crippen LogP contribution in [0.3, 0.4) is 0 Å². The highest BCUT2D eigenvalue weighted by Gasteiger charge is 2.11. The number of hydrogen-bond acceptors (Lipinski definition) is 3. The van der Waals surface area contributed by atoms with E-state index in [9.17, 15) is 9.50 Å². The van der Waals surface area contributed by atoms with Crippen molar-refractivity contribution in [3.8, 4) is 5.75 Å². The van der Waals surface area contributed by atoms with Gasteiger partial charge >= 0.3 is 0 Å². The van der Waals surface area contributed by atoms with Gasteiger partial charge in [0, 0.05) is 6.42 Å². The first-order valence-corrected chi connectivity index (χ1v) is 6.43. The van der Waals surface area contributed by atoms with E-state index in [1.807, 2.05) is 30.3 Å². The first-order chi connectivity index (χ1) is 9.69. The normalized spacial score (nSPS) is 12.2. The molecule has 0 heterocycles. The van der Waals surface area contributed by atoms with Gasteiger partial charge in [-0.3, -0.25) is 0 Å². The Labute approximate surface area is 117 Å². The molecule has 0 spiro atoms. The van der Waals surface area contributed by atoms with Crippen LogP contribution in [0.1, 0.15) is 11.1 Å². The molecule has 0 saturated carbocycles. The summed E-state index contributed by atoms with van der Waals surface area (Å²) in [5.41, 5.74) is 1.55. The number of halogens is 1. The number of aliphatic hydroxyl groups excluding tert-OH is 2. The Bertz CT molecular complexity index is 543. The summed E-state index contributed by atoms with van der Waals surface area (Å²) >= 11 is 0. The van der Waals surface area contributed by atoms with Gasteiger partial charge in [-0.1, -0.05) is 30.3 Å². The van der Waals surface area contributed by atoms with Gasteiger partial charge < -0.3 is 14.9 Å². The molecule has 0 radical (unpaired) electrons. The lowest BCUT2D eigenvalue weighted by Gasteiger charge is -2.14. The summed E-state index contributed by atoms with van der Waals surface area (Å²) in [5, 5.41) is 18.4. The van der Waals surface area contributed by atoms with Crippen LogP contribution in [0.4, 0.5) is 4.39 Å². The van der Waals surface area contributed by atoms with E-state index in [1.54, 1.807) is 0 Å². The lowest BCUT2D eigenvalue weighted by Crippen LogP contribution is -2.16. The Kier molecular flexibility index (Phi) is 5.09. The SMILES string of the molecule is OCC(O)Cc1cc(F)ccc1OCc1ccccc1. The van der Waals surface area contributed by atoms with Crippen LogP contribution in [0, 0.1) is 5.82 Å². The van der Waals surface area contributed by atoms with Crippen molar-refractivity contribution in [1.82, 2.24) is 0 Å². The van der Waals surface area contributed by atoms with E-state index in [2.05, 4.69) is 0 Å². The standard InChI is InChI=1S/C16H17FO3/c17-14-6-7-16(13(8-14)9-15(19)10-18)20-11-12-4-2-1-3-5-12/h1-8,15,18-19H,9-11H2. The van der Waals surface area contributed by atoms with Crippen LogP contribution in [-0.2, 0) is 13.0 Å². The quantitative estimate of drug-likeness (QED) is 0.851. The average molecular weight is 276 g/mol. The van der Waals surface area contributed by atoms with Crippen LogP contribution in [-0.4, -0.2) is 22.9 Å². The van der Waals surface area contributed by atoms with Gasteiger partial charge in [0.15, 0.2) is 0 Å². The number of hydrogen-bond donors (Lipinski definition) is 2. The zero-order valence-electron chi connectivity index (χ0n) is 11.0. The highest BCUT2D eigenvalue weighted by molar-refractivity contribution is 5.35. The lowest BCUT2D eigenvalue weighted by molar-refractivity contribution is 0.0946. The average Bonchev–Trinajstić information content (AvgIpc) is 2.47. The fourth-order valence-corrected chi connectivity index (χ4v) is 1.90. The first-order valence-electron chi connectivity index (χ1n) is 6.43. The molecule has 1 unspecified atom stereocenters. The molecule has 2 aromatic rings. The predicted octanol–water partition coefficient (Wildman–Crippen LogP) is 2.30. The van der Waals surface area contributed by atoms with Crippen molar-refractivity contribution in [2.24, 2.45) is 0 Å². The third kappa shape index (κ3) is 4.05. The van der Waals surface area contributed by atoms with Crippen LogP contribution in [0.15, 0.2) is 48.5 Å². The maximum atomic E-state index is 13.3. The van der Waals surface area contributed by atoms with Crippen LogP contribution in [0.25, 0.3) is 0 Å². The maximum absolute atomic E-state index is 13.3. The highest BCUT2D eigenvalue weighted by Crippen LogP contribution is 2.22. The van der Waals surface area contributed by atoms with Crippen molar-refractivity contribution in [3.05, 3.63) is 65.5 Å². The number of benzene rings is 2. The second-order valence-corrected chi connectivity index (χ2v) is 4.57. The van der Waals surface area contributed by atoms with Crippen molar-refractivity contribution >= 4 is 0 Å². The number of ether oxygens (including phenoxy) is 1. The molecule has 3 nitrogen and oxygen atoms in total. The molecule has 2 N–H and O–H groups in total. The minimum Gasteiger partial charge on any atom is -0.489 e. The summed E-state index contributed by atoms with van der Waals surface area (Å²) in [4.78, 5) is 0. The monoisotopic (exact) mass is 276 g/mol. The van der Waals surface area contributed by atoms with E-state index in [0.717, 1.165) is 5.56 Å². The minimum absolute atomic E-state index is 0.151. The summed E-state index contributed by atoms with van der Waals surface area (Å²) in [5.74, 6) is 0.125. The maximum Gasteiger partial charge on any atom is 0.123 e. The summed E-state index contributed by atoms with van der Waals surface area (Å²) < 4.78 is 18.9. The topological polar surface area (TPSA) is 49.7 Å². The van der Waals surface area contributed by atoms with Gasteiger partial charge in [0.25, 0.3) is 0 Å². The third-order valence-corrected chi connectivity index (χ3v) is 2.93. The van der Waals surface area contributed by atoms with Crippen LogP contribution in [0.5, 0.6) is 5.75 Å². The van der Waals surface area contributed by atoms with Gasteiger partial charge in [-0.15, -0.1) is 0 Å². The van der Waals surface area contributed by atoms with Crippen LogP contribution < -0.4 is 4.74 Å². The molecule has 0 saturated heterocycles. The molecule has 0 aliphatic carbocycles. The van der Waals surface area contributed by atoms with E-state index < -0.39 is 11.9 Å². The second-order valence-electron chi connectivity index (χ2n) is 4.57. The molecule has 0 amide bonds. The van der Waals surface area contributed by atoms with Crippen molar-refractivity contribution in [1.29, 1.82) is 0 Å². The van der Waals surface area contributed by atoms with E-state index in [1.165, 1.54) is 18.2 Å². The van der Waals surface area contributed by atoms with Crippen molar-refractivity contribution < 1.29 is 19.3 Å². The van der Waals surface area contributed by atoms with Crippen LogP contribution >= 0.6 is 0 Å². The molecular weight excluding hydrogens is 259 g/mol. The van der Waals surface area contributed by atoms with E-state index in [-0.39, 0.29) is 13.0 Å². The van der Waals surface area contributed by atoms with Gasteiger partial charge in [-0.25, -0.2) is 4.39 Å². The van der Waals surface area contributed by atoms with E-state index >= 15 is 0 Å². The highest BCUT2D eigenvalue weighted by atomic mass is 19.1. The van der Waals surface area contributed by atoms with Crippen molar-refractivity contribution in [2.75, 3.05) is 6.61 Å². The molecule has 0 aliphatic heterocycles. The zero-order chi connectivity index (χ0) is 14.4. The largest absolute Gasteiger partial charge is 0.489 e. The molecule has 106 valence electrons.